The molecule has 0 atom stereocenters. The first-order valence-corrected chi connectivity index (χ1v) is 10.7. The molecule has 2 N–H and O–H groups in total. The second-order valence-electron chi connectivity index (χ2n) is 6.73. The monoisotopic (exact) mass is 536 g/mol. The van der Waals surface area contributed by atoms with E-state index in [4.69, 9.17) is 14.2 Å². The molecule has 7 nitrogen and oxygen atoms in total. The molecule has 0 amide bonds. The Morgan fingerprint density at radius 2 is 1.77 bits per heavy atom. The molecule has 1 aromatic carbocycles. The van der Waals surface area contributed by atoms with E-state index in [0.717, 1.165) is 69.6 Å². The van der Waals surface area contributed by atoms with Crippen LogP contribution < -0.4 is 20.1 Å². The molecule has 0 unspecified atom stereocenters. The maximum absolute atomic E-state index is 5.71. The van der Waals surface area contributed by atoms with Gasteiger partial charge in [-0.05, 0) is 58.4 Å². The van der Waals surface area contributed by atoms with Crippen LogP contribution in [0.1, 0.15) is 32.8 Å². The molecule has 0 aliphatic rings. The number of nitrogens with zero attached hydrogens (tertiary/aromatic N) is 2. The zero-order chi connectivity index (χ0) is 21.3. The minimum atomic E-state index is 0. The Balaban J connectivity index is 0.00000841. The van der Waals surface area contributed by atoms with Gasteiger partial charge in [0.05, 0.1) is 19.8 Å². The third-order valence-corrected chi connectivity index (χ3v) is 4.30. The minimum absolute atomic E-state index is 0. The van der Waals surface area contributed by atoms with Crippen molar-refractivity contribution in [1.29, 1.82) is 0 Å². The fourth-order valence-electron chi connectivity index (χ4n) is 2.84. The second kappa shape index (κ2) is 18.5. The number of rotatable bonds is 15. The number of aliphatic imine (C=N–C) groups is 1. The highest BCUT2D eigenvalue weighted by Gasteiger charge is 2.06. The third kappa shape index (κ3) is 12.4. The first-order valence-electron chi connectivity index (χ1n) is 10.7. The summed E-state index contributed by atoms with van der Waals surface area (Å²) in [7, 11) is 3.86. The number of ether oxygens (including phenoxy) is 3. The molecule has 1 aromatic rings. The van der Waals surface area contributed by atoms with Crippen LogP contribution in [0, 0.1) is 0 Å². The quantitative estimate of drug-likeness (QED) is 0.155. The first kappa shape index (κ1) is 28.7. The van der Waals surface area contributed by atoms with Crippen molar-refractivity contribution in [3.63, 3.8) is 0 Å². The van der Waals surface area contributed by atoms with Crippen molar-refractivity contribution in [2.45, 2.75) is 33.6 Å². The van der Waals surface area contributed by atoms with E-state index in [-0.39, 0.29) is 24.0 Å². The summed E-state index contributed by atoms with van der Waals surface area (Å²) in [6.07, 6.45) is 1.93. The van der Waals surface area contributed by atoms with E-state index in [9.17, 15) is 0 Å². The fourth-order valence-corrected chi connectivity index (χ4v) is 2.84. The fraction of sp³-hybridized carbons (Fsp3) is 0.682. The van der Waals surface area contributed by atoms with Gasteiger partial charge >= 0.3 is 0 Å². The predicted molar refractivity (Wildman–Crippen MR) is 136 cm³/mol. The molecule has 0 bridgehead atoms. The molecule has 1 rings (SSSR count). The second-order valence-corrected chi connectivity index (χ2v) is 6.73. The summed E-state index contributed by atoms with van der Waals surface area (Å²) in [4.78, 5) is 6.95. The van der Waals surface area contributed by atoms with Crippen LogP contribution in [-0.2, 0) is 11.2 Å². The summed E-state index contributed by atoms with van der Waals surface area (Å²) in [5.74, 6) is 2.47. The van der Waals surface area contributed by atoms with Gasteiger partial charge in [0, 0.05) is 39.9 Å². The van der Waals surface area contributed by atoms with E-state index >= 15 is 0 Å². The third-order valence-electron chi connectivity index (χ3n) is 4.30. The minimum Gasteiger partial charge on any atom is -0.490 e. The average Bonchev–Trinajstić information content (AvgIpc) is 2.70. The number of likely N-dealkylation sites (N-methyl/N-ethyl adjacent to an activating group) is 1. The van der Waals surface area contributed by atoms with Crippen LogP contribution >= 0.6 is 24.0 Å². The maximum atomic E-state index is 5.71. The molecule has 0 heterocycles. The highest BCUT2D eigenvalue weighted by Crippen LogP contribution is 2.28. The largest absolute Gasteiger partial charge is 0.490 e. The number of halogens is 1. The molecule has 0 aliphatic carbocycles. The summed E-state index contributed by atoms with van der Waals surface area (Å²) in [6, 6.07) is 6.14. The lowest BCUT2D eigenvalue weighted by Crippen LogP contribution is -2.39. The Kier molecular flexibility index (Phi) is 17.7. The van der Waals surface area contributed by atoms with Gasteiger partial charge in [0.25, 0.3) is 0 Å². The van der Waals surface area contributed by atoms with Gasteiger partial charge in [0.2, 0.25) is 0 Å². The molecule has 0 spiro atoms. The van der Waals surface area contributed by atoms with Crippen molar-refractivity contribution in [2.24, 2.45) is 4.99 Å². The van der Waals surface area contributed by atoms with E-state index in [2.05, 4.69) is 46.6 Å². The molecule has 174 valence electrons. The number of nitrogens with one attached hydrogen (secondary N) is 2. The topological polar surface area (TPSA) is 67.4 Å². The molecule has 0 aromatic heterocycles. The summed E-state index contributed by atoms with van der Waals surface area (Å²) >= 11 is 0. The van der Waals surface area contributed by atoms with Crippen molar-refractivity contribution >= 4 is 29.9 Å². The van der Waals surface area contributed by atoms with E-state index in [1.54, 1.807) is 7.11 Å². The lowest BCUT2D eigenvalue weighted by Gasteiger charge is -2.16. The van der Waals surface area contributed by atoms with E-state index in [1.165, 1.54) is 5.56 Å². The van der Waals surface area contributed by atoms with Crippen LogP contribution in [0.4, 0.5) is 0 Å². The number of hydrogen-bond donors (Lipinski definition) is 2. The smallest absolute Gasteiger partial charge is 0.191 e. The average molecular weight is 536 g/mol. The molecule has 0 saturated carbocycles. The van der Waals surface area contributed by atoms with Crippen molar-refractivity contribution in [3.8, 4) is 11.5 Å². The maximum Gasteiger partial charge on any atom is 0.191 e. The lowest BCUT2D eigenvalue weighted by molar-refractivity contribution is 0.180. The molecule has 8 heteroatoms. The Bertz CT molecular complexity index is 588. The Morgan fingerprint density at radius 1 is 1.03 bits per heavy atom. The molecule has 0 saturated heterocycles. The molecular formula is C22H41IN4O3. The number of guanidine groups is 1. The highest BCUT2D eigenvalue weighted by molar-refractivity contribution is 14.0. The summed E-state index contributed by atoms with van der Waals surface area (Å²) in [5, 5.41) is 6.72. The molecule has 0 aliphatic heterocycles. The lowest BCUT2D eigenvalue weighted by atomic mass is 10.1. The van der Waals surface area contributed by atoms with Crippen LogP contribution in [0.5, 0.6) is 11.5 Å². The molecule has 0 radical (unpaired) electrons. The van der Waals surface area contributed by atoms with Crippen LogP contribution in [0.25, 0.3) is 0 Å². The Morgan fingerprint density at radius 3 is 2.43 bits per heavy atom. The van der Waals surface area contributed by atoms with Crippen molar-refractivity contribution < 1.29 is 14.2 Å². The van der Waals surface area contributed by atoms with Crippen molar-refractivity contribution in [1.82, 2.24) is 15.5 Å². The van der Waals surface area contributed by atoms with Crippen LogP contribution in [0.15, 0.2) is 23.2 Å². The molecule has 0 fully saturated rings. The van der Waals surface area contributed by atoms with Gasteiger partial charge < -0.3 is 29.7 Å². The molecular weight excluding hydrogens is 495 g/mol. The molecule has 30 heavy (non-hydrogen) atoms. The van der Waals surface area contributed by atoms with Gasteiger partial charge in [0.15, 0.2) is 17.5 Å². The van der Waals surface area contributed by atoms with E-state index in [0.29, 0.717) is 13.2 Å². The van der Waals surface area contributed by atoms with Gasteiger partial charge in [-0.1, -0.05) is 6.07 Å². The van der Waals surface area contributed by atoms with Crippen LogP contribution in [-0.4, -0.2) is 77.6 Å². The van der Waals surface area contributed by atoms with Crippen LogP contribution in [0.3, 0.4) is 0 Å². The van der Waals surface area contributed by atoms with Gasteiger partial charge in [-0.3, -0.25) is 4.99 Å². The van der Waals surface area contributed by atoms with E-state index < -0.39 is 0 Å². The zero-order valence-corrected chi connectivity index (χ0v) is 21.7. The van der Waals surface area contributed by atoms with E-state index in [1.807, 2.05) is 19.9 Å². The SMILES string of the molecule is CCNC(=NCCN(C)CCCOC)NCCc1ccc(OCC)c(OCC)c1.I. The van der Waals surface area contributed by atoms with Gasteiger partial charge in [0.1, 0.15) is 0 Å². The number of hydrogen-bond acceptors (Lipinski definition) is 5. The van der Waals surface area contributed by atoms with Crippen LogP contribution in [0.2, 0.25) is 0 Å². The standard InChI is InChI=1S/C22H40N4O3.HI/c1-6-23-22(25-14-16-26(4)15-9-17-27-5)24-13-12-19-10-11-20(28-7-2)21(18-19)29-8-3;/h10-11,18H,6-9,12-17H2,1-5H3,(H2,23,24,25);1H. The van der Waals surface area contributed by atoms with Crippen molar-refractivity contribution in [3.05, 3.63) is 23.8 Å². The first-order chi connectivity index (χ1) is 14.1. The van der Waals surface area contributed by atoms with Gasteiger partial charge in [-0.15, -0.1) is 24.0 Å². The Labute approximate surface area is 200 Å². The summed E-state index contributed by atoms with van der Waals surface area (Å²) in [5.41, 5.74) is 1.21. The van der Waals surface area contributed by atoms with Crippen molar-refractivity contribution in [2.75, 3.05) is 66.7 Å². The van der Waals surface area contributed by atoms with Gasteiger partial charge in [-0.25, -0.2) is 0 Å². The Hall–Kier alpha value is -1.26. The van der Waals surface area contributed by atoms with Gasteiger partial charge in [-0.2, -0.15) is 0 Å². The number of benzene rings is 1. The highest BCUT2D eigenvalue weighted by atomic mass is 127. The zero-order valence-electron chi connectivity index (χ0n) is 19.3. The predicted octanol–water partition coefficient (Wildman–Crippen LogP) is 3.17. The summed E-state index contributed by atoms with van der Waals surface area (Å²) < 4.78 is 16.4. The summed E-state index contributed by atoms with van der Waals surface area (Å²) in [6.45, 7) is 12.4. The number of methoxy groups -OCH3 is 1. The normalized spacial score (nSPS) is 11.2.